The minimum Gasteiger partial charge on any atom is -0.261 e. The number of aryl methyl sites for hydroxylation is 2. The molecule has 17 heavy (non-hydrogen) atoms. The van der Waals surface area contributed by atoms with Gasteiger partial charge in [-0.2, -0.15) is 0 Å². The number of nitrogens with zero attached hydrogens (tertiary/aromatic N) is 1. The van der Waals surface area contributed by atoms with Gasteiger partial charge in [-0.3, -0.25) is 4.98 Å². The third-order valence-corrected chi connectivity index (χ3v) is 3.41. The van der Waals surface area contributed by atoms with Crippen LogP contribution in [0.15, 0.2) is 42.6 Å². The minimum atomic E-state index is -0.0100. The van der Waals surface area contributed by atoms with Crippen molar-refractivity contribution in [1.82, 2.24) is 4.98 Å². The van der Waals surface area contributed by atoms with Crippen LogP contribution in [0.5, 0.6) is 0 Å². The fourth-order valence-corrected chi connectivity index (χ4v) is 2.07. The van der Waals surface area contributed by atoms with Gasteiger partial charge in [0.25, 0.3) is 0 Å². The van der Waals surface area contributed by atoms with Gasteiger partial charge in [0.15, 0.2) is 0 Å². The van der Waals surface area contributed by atoms with Crippen LogP contribution in [0.1, 0.15) is 27.8 Å². The molecule has 1 atom stereocenters. The third-order valence-electron chi connectivity index (χ3n) is 3.01. The molecule has 0 spiro atoms. The molecule has 0 aliphatic carbocycles. The van der Waals surface area contributed by atoms with Crippen molar-refractivity contribution >= 4 is 11.6 Å². The Labute approximate surface area is 107 Å². The van der Waals surface area contributed by atoms with Crippen LogP contribution in [0.2, 0.25) is 0 Å². The molecule has 0 amide bonds. The highest BCUT2D eigenvalue weighted by molar-refractivity contribution is 6.20. The molecule has 1 unspecified atom stereocenters. The highest BCUT2D eigenvalue weighted by Gasteiger charge is 2.10. The quantitative estimate of drug-likeness (QED) is 0.738. The topological polar surface area (TPSA) is 12.9 Å². The Balaban J connectivity index is 2.14. The van der Waals surface area contributed by atoms with Crippen LogP contribution in [-0.4, -0.2) is 4.98 Å². The minimum absolute atomic E-state index is 0.0100. The van der Waals surface area contributed by atoms with Crippen molar-refractivity contribution in [2.75, 3.05) is 0 Å². The maximum Gasteiger partial charge on any atom is 0.0640 e. The molecule has 0 fully saturated rings. The van der Waals surface area contributed by atoms with Crippen LogP contribution in [0.25, 0.3) is 0 Å². The average molecular weight is 246 g/mol. The van der Waals surface area contributed by atoms with Gasteiger partial charge in [0.05, 0.1) is 5.38 Å². The van der Waals surface area contributed by atoms with Crippen LogP contribution in [0, 0.1) is 13.8 Å². The molecule has 0 aliphatic rings. The first-order valence-corrected chi connectivity index (χ1v) is 6.21. The van der Waals surface area contributed by atoms with E-state index in [4.69, 9.17) is 11.6 Å². The molecular formula is C15H16ClN. The van der Waals surface area contributed by atoms with Crippen LogP contribution in [-0.2, 0) is 6.42 Å². The second-order valence-corrected chi connectivity index (χ2v) is 4.86. The zero-order chi connectivity index (χ0) is 12.3. The summed E-state index contributed by atoms with van der Waals surface area (Å²) in [6.07, 6.45) is 2.57. The lowest BCUT2D eigenvalue weighted by atomic mass is 10.0. The monoisotopic (exact) mass is 245 g/mol. The van der Waals surface area contributed by atoms with Gasteiger partial charge in [-0.05, 0) is 42.7 Å². The van der Waals surface area contributed by atoms with Crippen molar-refractivity contribution < 1.29 is 0 Å². The number of pyridine rings is 1. The molecule has 0 aliphatic heterocycles. The van der Waals surface area contributed by atoms with E-state index in [9.17, 15) is 0 Å². The van der Waals surface area contributed by atoms with E-state index < -0.39 is 0 Å². The molecule has 0 N–H and O–H groups in total. The zero-order valence-electron chi connectivity index (χ0n) is 10.2. The Kier molecular flexibility index (Phi) is 3.80. The number of alkyl halides is 1. The Morgan fingerprint density at radius 2 is 1.94 bits per heavy atom. The Morgan fingerprint density at radius 3 is 2.59 bits per heavy atom. The van der Waals surface area contributed by atoms with E-state index in [1.165, 1.54) is 16.7 Å². The summed E-state index contributed by atoms with van der Waals surface area (Å²) < 4.78 is 0. The summed E-state index contributed by atoms with van der Waals surface area (Å²) in [6, 6.07) is 12.3. The van der Waals surface area contributed by atoms with E-state index in [2.05, 4.69) is 37.0 Å². The summed E-state index contributed by atoms with van der Waals surface area (Å²) in [7, 11) is 0. The first kappa shape index (κ1) is 12.1. The van der Waals surface area contributed by atoms with E-state index in [1.54, 1.807) is 6.20 Å². The summed E-state index contributed by atoms with van der Waals surface area (Å²) in [5, 5.41) is -0.0100. The maximum absolute atomic E-state index is 6.43. The number of benzene rings is 1. The molecule has 1 aromatic heterocycles. The first-order valence-electron chi connectivity index (χ1n) is 5.78. The number of aromatic nitrogens is 1. The lowest BCUT2D eigenvalue weighted by Crippen LogP contribution is -1.98. The van der Waals surface area contributed by atoms with Gasteiger partial charge in [0.2, 0.25) is 0 Å². The molecular weight excluding hydrogens is 230 g/mol. The highest BCUT2D eigenvalue weighted by Crippen LogP contribution is 2.25. The zero-order valence-corrected chi connectivity index (χ0v) is 10.9. The van der Waals surface area contributed by atoms with E-state index in [-0.39, 0.29) is 5.38 Å². The largest absolute Gasteiger partial charge is 0.261 e. The van der Waals surface area contributed by atoms with E-state index in [0.717, 1.165) is 12.1 Å². The average Bonchev–Trinajstić information content (AvgIpc) is 2.34. The number of hydrogen-bond acceptors (Lipinski definition) is 1. The molecule has 0 saturated heterocycles. The molecule has 2 aromatic rings. The fraction of sp³-hybridized carbons (Fsp3) is 0.267. The summed E-state index contributed by atoms with van der Waals surface area (Å²) in [6.45, 7) is 4.23. The first-order chi connectivity index (χ1) is 8.16. The number of rotatable bonds is 3. The predicted octanol–water partition coefficient (Wildman–Crippen LogP) is 4.22. The van der Waals surface area contributed by atoms with Gasteiger partial charge >= 0.3 is 0 Å². The molecule has 1 nitrogen and oxygen atoms in total. The van der Waals surface area contributed by atoms with Gasteiger partial charge in [-0.1, -0.05) is 24.3 Å². The lowest BCUT2D eigenvalue weighted by Gasteiger charge is -2.11. The van der Waals surface area contributed by atoms with Crippen molar-refractivity contribution in [3.05, 3.63) is 65.0 Å². The number of halogens is 1. The Hall–Kier alpha value is -1.34. The molecule has 2 heteroatoms. The van der Waals surface area contributed by atoms with E-state index >= 15 is 0 Å². The maximum atomic E-state index is 6.43. The normalized spacial score (nSPS) is 12.4. The van der Waals surface area contributed by atoms with Crippen molar-refractivity contribution in [2.45, 2.75) is 25.6 Å². The van der Waals surface area contributed by atoms with E-state index in [1.807, 2.05) is 18.2 Å². The molecule has 0 saturated carbocycles. The lowest BCUT2D eigenvalue weighted by molar-refractivity contribution is 0.879. The highest BCUT2D eigenvalue weighted by atomic mass is 35.5. The molecule has 2 rings (SSSR count). The SMILES string of the molecule is Cc1ccc(C(Cl)Cc2ccccn2)cc1C. The van der Waals surface area contributed by atoms with Gasteiger partial charge < -0.3 is 0 Å². The van der Waals surface area contributed by atoms with Crippen molar-refractivity contribution in [3.8, 4) is 0 Å². The summed E-state index contributed by atoms with van der Waals surface area (Å²) in [5.41, 5.74) is 4.79. The smallest absolute Gasteiger partial charge is 0.0640 e. The van der Waals surface area contributed by atoms with Gasteiger partial charge in [0, 0.05) is 18.3 Å². The second-order valence-electron chi connectivity index (χ2n) is 4.34. The summed E-state index contributed by atoms with van der Waals surface area (Å²) in [5.74, 6) is 0. The van der Waals surface area contributed by atoms with Gasteiger partial charge in [0.1, 0.15) is 0 Å². The molecule has 0 bridgehead atoms. The van der Waals surface area contributed by atoms with Crippen LogP contribution in [0.4, 0.5) is 0 Å². The predicted molar refractivity (Wildman–Crippen MR) is 72.5 cm³/mol. The standard InChI is InChI=1S/C15H16ClN/c1-11-6-7-13(9-12(11)2)15(16)10-14-5-3-4-8-17-14/h3-9,15H,10H2,1-2H3. The fourth-order valence-electron chi connectivity index (χ4n) is 1.78. The van der Waals surface area contributed by atoms with Crippen LogP contribution < -0.4 is 0 Å². The third kappa shape index (κ3) is 3.07. The molecule has 0 radical (unpaired) electrons. The van der Waals surface area contributed by atoms with Gasteiger partial charge in [-0.25, -0.2) is 0 Å². The Morgan fingerprint density at radius 1 is 1.12 bits per heavy atom. The molecule has 1 heterocycles. The van der Waals surface area contributed by atoms with Crippen molar-refractivity contribution in [3.63, 3.8) is 0 Å². The van der Waals surface area contributed by atoms with E-state index in [0.29, 0.717) is 0 Å². The molecule has 88 valence electrons. The van der Waals surface area contributed by atoms with Crippen LogP contribution >= 0.6 is 11.6 Å². The summed E-state index contributed by atoms with van der Waals surface area (Å²) in [4.78, 5) is 4.30. The van der Waals surface area contributed by atoms with Crippen LogP contribution in [0.3, 0.4) is 0 Å². The van der Waals surface area contributed by atoms with Gasteiger partial charge in [-0.15, -0.1) is 11.6 Å². The number of hydrogen-bond donors (Lipinski definition) is 0. The Bertz CT molecular complexity index is 494. The molecule has 1 aromatic carbocycles. The summed E-state index contributed by atoms with van der Waals surface area (Å²) >= 11 is 6.43. The second kappa shape index (κ2) is 5.33. The van der Waals surface area contributed by atoms with Crippen molar-refractivity contribution in [1.29, 1.82) is 0 Å². The van der Waals surface area contributed by atoms with Crippen molar-refractivity contribution in [2.24, 2.45) is 0 Å².